The molecule has 1 atom stereocenters. The van der Waals surface area contributed by atoms with Crippen molar-refractivity contribution in [1.29, 1.82) is 0 Å². The van der Waals surface area contributed by atoms with Crippen LogP contribution in [0.4, 0.5) is 0 Å². The van der Waals surface area contributed by atoms with E-state index >= 15 is 0 Å². The third-order valence-corrected chi connectivity index (χ3v) is 3.16. The van der Waals surface area contributed by atoms with Crippen molar-refractivity contribution in [1.82, 2.24) is 0 Å². The zero-order chi connectivity index (χ0) is 10.0. The van der Waals surface area contributed by atoms with Crippen LogP contribution in [0, 0.1) is 0 Å². The maximum absolute atomic E-state index is 11.5. The molecule has 0 heterocycles. The Morgan fingerprint density at radius 3 is 2.46 bits per heavy atom. The Morgan fingerprint density at radius 2 is 2.00 bits per heavy atom. The number of hydrogen-bond acceptors (Lipinski definition) is 1. The van der Waals surface area contributed by atoms with Gasteiger partial charge in [-0.1, -0.05) is 47.8 Å². The van der Waals surface area contributed by atoms with E-state index < -0.39 is 4.29 Å². The van der Waals surface area contributed by atoms with E-state index in [2.05, 4.69) is 47.8 Å². The van der Waals surface area contributed by atoms with Crippen LogP contribution in [0.3, 0.4) is 0 Å². The Morgan fingerprint density at radius 1 is 1.38 bits per heavy atom. The normalized spacial score (nSPS) is 12.6. The van der Waals surface area contributed by atoms with Gasteiger partial charge in [0.15, 0.2) is 10.1 Å². The van der Waals surface area contributed by atoms with Crippen LogP contribution in [0.15, 0.2) is 27.1 Å². The largest absolute Gasteiger partial charge is 0.291 e. The number of rotatable bonds is 2. The highest BCUT2D eigenvalue weighted by atomic mass is 79.9. The quantitative estimate of drug-likeness (QED) is 0.541. The van der Waals surface area contributed by atoms with E-state index in [0.29, 0.717) is 5.56 Å². The minimum atomic E-state index is -0.676. The number of carbonyl (C=O) groups is 1. The fourth-order valence-corrected chi connectivity index (χ4v) is 2.41. The maximum Gasteiger partial charge on any atom is 0.192 e. The zero-order valence-corrected chi connectivity index (χ0v) is 11.7. The Hall–Kier alpha value is 0.620. The number of benzene rings is 1. The molecule has 5 heteroatoms. The summed E-state index contributed by atoms with van der Waals surface area (Å²) >= 11 is 15.2. The average Bonchev–Trinajstić information content (AvgIpc) is 2.03. The Kier molecular flexibility index (Phi) is 4.42. The maximum atomic E-state index is 11.5. The lowest BCUT2D eigenvalue weighted by Crippen LogP contribution is -2.08. The zero-order valence-electron chi connectivity index (χ0n) is 6.23. The van der Waals surface area contributed by atoms with Crippen LogP contribution < -0.4 is 0 Å². The fourth-order valence-electron chi connectivity index (χ4n) is 0.807. The van der Waals surface area contributed by atoms with Crippen LogP contribution in [0.5, 0.6) is 0 Å². The third kappa shape index (κ3) is 3.05. The molecule has 1 rings (SSSR count). The summed E-state index contributed by atoms with van der Waals surface area (Å²) in [5, 5.41) is 0. The second kappa shape index (κ2) is 4.91. The van der Waals surface area contributed by atoms with E-state index in [1.54, 1.807) is 18.2 Å². The number of Topliss-reactive ketones (excluding diaryl/α,β-unsaturated/α-hetero) is 1. The molecule has 0 spiro atoms. The van der Waals surface area contributed by atoms with Gasteiger partial charge in [-0.2, -0.15) is 0 Å². The van der Waals surface area contributed by atoms with Crippen LogP contribution in [0.1, 0.15) is 10.4 Å². The van der Waals surface area contributed by atoms with Gasteiger partial charge in [-0.05, 0) is 18.2 Å². The average molecular weight is 391 g/mol. The summed E-state index contributed by atoms with van der Waals surface area (Å²) in [5.41, 5.74) is 0.570. The lowest BCUT2D eigenvalue weighted by Gasteiger charge is -2.04. The summed E-state index contributed by atoms with van der Waals surface area (Å²) in [6.07, 6.45) is 0. The molecule has 0 fully saturated rings. The molecule has 0 bridgehead atoms. The van der Waals surface area contributed by atoms with Gasteiger partial charge in [-0.3, -0.25) is 4.79 Å². The molecule has 0 aliphatic rings. The van der Waals surface area contributed by atoms with E-state index in [9.17, 15) is 4.79 Å². The van der Waals surface area contributed by atoms with Crippen LogP contribution >= 0.6 is 59.4 Å². The summed E-state index contributed by atoms with van der Waals surface area (Å²) in [7, 11) is 0. The number of hydrogen-bond donors (Lipinski definition) is 0. The van der Waals surface area contributed by atoms with Crippen LogP contribution in [0.2, 0.25) is 0 Å². The van der Waals surface area contributed by atoms with E-state index in [0.717, 1.165) is 8.95 Å². The Balaban J connectivity index is 3.09. The monoisotopic (exact) mass is 388 g/mol. The number of ketones is 1. The summed E-state index contributed by atoms with van der Waals surface area (Å²) in [6, 6.07) is 5.32. The minimum absolute atomic E-state index is 0.152. The lowest BCUT2D eigenvalue weighted by atomic mass is 10.1. The predicted molar refractivity (Wildman–Crippen MR) is 64.7 cm³/mol. The molecule has 1 unspecified atom stereocenters. The van der Waals surface area contributed by atoms with Gasteiger partial charge >= 0.3 is 0 Å². The van der Waals surface area contributed by atoms with Gasteiger partial charge in [0.25, 0.3) is 0 Å². The second-order valence-electron chi connectivity index (χ2n) is 2.29. The molecule has 1 nitrogen and oxygen atoms in total. The first-order valence-corrected chi connectivity index (χ1v) is 6.23. The first-order chi connectivity index (χ1) is 6.02. The molecule has 0 saturated carbocycles. The fraction of sp³-hybridized carbons (Fsp3) is 0.125. The molecule has 1 aromatic carbocycles. The molecule has 0 aromatic heterocycles. The van der Waals surface area contributed by atoms with Gasteiger partial charge in [0.05, 0.1) is 0 Å². The van der Waals surface area contributed by atoms with Crippen LogP contribution in [0.25, 0.3) is 0 Å². The van der Waals surface area contributed by atoms with Gasteiger partial charge in [-0.15, -0.1) is 11.6 Å². The van der Waals surface area contributed by atoms with Crippen molar-refractivity contribution in [3.05, 3.63) is 32.7 Å². The first-order valence-electron chi connectivity index (χ1n) is 3.30. The summed E-state index contributed by atoms with van der Waals surface area (Å²) in [5.74, 6) is -0.152. The first kappa shape index (κ1) is 11.7. The SMILES string of the molecule is O=C(c1ccc(Br)cc1Br)C(Cl)Br. The molecule has 0 amide bonds. The molecule has 13 heavy (non-hydrogen) atoms. The summed E-state index contributed by atoms with van der Waals surface area (Å²) < 4.78 is 0.971. The van der Waals surface area contributed by atoms with Crippen molar-refractivity contribution in [2.24, 2.45) is 0 Å². The molecule has 0 saturated heterocycles. The van der Waals surface area contributed by atoms with Gasteiger partial charge in [0.2, 0.25) is 0 Å². The summed E-state index contributed by atoms with van der Waals surface area (Å²) in [4.78, 5) is 11.5. The topological polar surface area (TPSA) is 17.1 Å². The highest BCUT2D eigenvalue weighted by molar-refractivity contribution is 9.11. The highest BCUT2D eigenvalue weighted by Crippen LogP contribution is 2.25. The van der Waals surface area contributed by atoms with E-state index in [4.69, 9.17) is 11.6 Å². The standard InChI is InChI=1S/C8H4Br3ClO/c9-4-1-2-5(6(10)3-4)7(13)8(11)12/h1-3,8H. The number of alkyl halides is 2. The Bertz CT molecular complexity index is 338. The van der Waals surface area contributed by atoms with Gasteiger partial charge in [-0.25, -0.2) is 0 Å². The molecule has 70 valence electrons. The highest BCUT2D eigenvalue weighted by Gasteiger charge is 2.16. The van der Waals surface area contributed by atoms with Crippen molar-refractivity contribution >= 4 is 65.2 Å². The number of carbonyl (C=O) groups excluding carboxylic acids is 1. The van der Waals surface area contributed by atoms with Crippen LogP contribution in [-0.2, 0) is 0 Å². The third-order valence-electron chi connectivity index (χ3n) is 1.39. The molecule has 0 radical (unpaired) electrons. The number of halogens is 4. The van der Waals surface area contributed by atoms with Crippen molar-refractivity contribution < 1.29 is 4.79 Å². The van der Waals surface area contributed by atoms with Crippen molar-refractivity contribution in [3.8, 4) is 0 Å². The summed E-state index contributed by atoms with van der Waals surface area (Å²) in [6.45, 7) is 0. The molecular formula is C8H4Br3ClO. The molecular weight excluding hydrogens is 387 g/mol. The van der Waals surface area contributed by atoms with Crippen molar-refractivity contribution in [2.45, 2.75) is 4.29 Å². The molecule has 1 aromatic rings. The second-order valence-corrected chi connectivity index (χ2v) is 5.94. The molecule has 0 aliphatic heterocycles. The van der Waals surface area contributed by atoms with Crippen molar-refractivity contribution in [3.63, 3.8) is 0 Å². The minimum Gasteiger partial charge on any atom is -0.291 e. The lowest BCUT2D eigenvalue weighted by molar-refractivity contribution is 0.101. The van der Waals surface area contributed by atoms with E-state index in [-0.39, 0.29) is 5.78 Å². The van der Waals surface area contributed by atoms with Crippen molar-refractivity contribution in [2.75, 3.05) is 0 Å². The smallest absolute Gasteiger partial charge is 0.192 e. The van der Waals surface area contributed by atoms with E-state index in [1.807, 2.05) is 0 Å². The Labute approximate surface area is 106 Å². The van der Waals surface area contributed by atoms with Gasteiger partial charge < -0.3 is 0 Å². The molecule has 0 N–H and O–H groups in total. The van der Waals surface area contributed by atoms with E-state index in [1.165, 1.54) is 0 Å². The van der Waals surface area contributed by atoms with Gasteiger partial charge in [0.1, 0.15) is 0 Å². The predicted octanol–water partition coefficient (Wildman–Crippen LogP) is 4.35. The van der Waals surface area contributed by atoms with Crippen LogP contribution in [-0.4, -0.2) is 10.1 Å². The molecule has 0 aliphatic carbocycles. The van der Waals surface area contributed by atoms with Gasteiger partial charge in [0, 0.05) is 14.5 Å².